The predicted octanol–water partition coefficient (Wildman–Crippen LogP) is 1.34. The van der Waals surface area contributed by atoms with Crippen LogP contribution in [0.1, 0.15) is 5.69 Å². The SMILES string of the molecule is COc1nc(C)c2ccncc2n1. The molecule has 0 aromatic carbocycles. The van der Waals surface area contributed by atoms with Gasteiger partial charge in [0.1, 0.15) is 0 Å². The second-order valence-corrected chi connectivity index (χ2v) is 2.69. The minimum absolute atomic E-state index is 0.387. The molecule has 0 saturated heterocycles. The maximum absolute atomic E-state index is 4.95. The van der Waals surface area contributed by atoms with Crippen LogP contribution in [-0.2, 0) is 0 Å². The minimum atomic E-state index is 0.387. The largest absolute Gasteiger partial charge is 0.467 e. The molecule has 13 heavy (non-hydrogen) atoms. The number of hydrogen-bond acceptors (Lipinski definition) is 4. The molecular formula is C9H9N3O. The van der Waals surface area contributed by atoms with E-state index >= 15 is 0 Å². The van der Waals surface area contributed by atoms with Crippen LogP contribution in [-0.4, -0.2) is 22.1 Å². The summed E-state index contributed by atoms with van der Waals surface area (Å²) in [6, 6.07) is 2.28. The fraction of sp³-hybridized carbons (Fsp3) is 0.222. The van der Waals surface area contributed by atoms with E-state index < -0.39 is 0 Å². The lowest BCUT2D eigenvalue weighted by atomic mass is 10.2. The highest BCUT2D eigenvalue weighted by molar-refractivity contribution is 5.79. The Morgan fingerprint density at radius 3 is 2.92 bits per heavy atom. The summed E-state index contributed by atoms with van der Waals surface area (Å²) in [6.07, 6.45) is 3.43. The first-order valence-electron chi connectivity index (χ1n) is 3.93. The number of aromatic nitrogens is 3. The van der Waals surface area contributed by atoms with Gasteiger partial charge in [0, 0.05) is 11.6 Å². The van der Waals surface area contributed by atoms with E-state index in [4.69, 9.17) is 4.74 Å². The fourth-order valence-corrected chi connectivity index (χ4v) is 1.20. The lowest BCUT2D eigenvalue weighted by molar-refractivity contribution is 0.381. The second kappa shape index (κ2) is 2.97. The molecule has 2 aromatic rings. The molecule has 2 aromatic heterocycles. The Labute approximate surface area is 75.6 Å². The molecule has 0 unspecified atom stereocenters. The monoisotopic (exact) mass is 175 g/mol. The van der Waals surface area contributed by atoms with Crippen molar-refractivity contribution in [2.24, 2.45) is 0 Å². The third kappa shape index (κ3) is 1.30. The van der Waals surface area contributed by atoms with Gasteiger partial charge >= 0.3 is 6.01 Å². The van der Waals surface area contributed by atoms with Gasteiger partial charge < -0.3 is 4.74 Å². The van der Waals surface area contributed by atoms with Crippen molar-refractivity contribution in [1.29, 1.82) is 0 Å². The molecule has 0 saturated carbocycles. The first kappa shape index (κ1) is 7.91. The molecule has 0 aliphatic carbocycles. The molecule has 4 heteroatoms. The zero-order valence-corrected chi connectivity index (χ0v) is 7.48. The van der Waals surface area contributed by atoms with Crippen molar-refractivity contribution < 1.29 is 4.74 Å². The zero-order chi connectivity index (χ0) is 9.26. The number of ether oxygens (including phenoxy) is 1. The Hall–Kier alpha value is -1.71. The fourth-order valence-electron chi connectivity index (χ4n) is 1.20. The molecule has 2 heterocycles. The van der Waals surface area contributed by atoms with Gasteiger partial charge in [0.2, 0.25) is 0 Å². The molecule has 0 spiro atoms. The van der Waals surface area contributed by atoms with E-state index in [1.165, 1.54) is 0 Å². The van der Waals surface area contributed by atoms with Crippen LogP contribution in [0.2, 0.25) is 0 Å². The molecular weight excluding hydrogens is 166 g/mol. The average Bonchev–Trinajstić information content (AvgIpc) is 2.18. The molecule has 66 valence electrons. The molecule has 0 aliphatic rings. The van der Waals surface area contributed by atoms with E-state index in [2.05, 4.69) is 15.0 Å². The maximum atomic E-state index is 4.95. The number of nitrogens with zero attached hydrogens (tertiary/aromatic N) is 3. The molecule has 0 atom stereocenters. The van der Waals surface area contributed by atoms with Crippen LogP contribution in [0.4, 0.5) is 0 Å². The van der Waals surface area contributed by atoms with Crippen molar-refractivity contribution in [3.05, 3.63) is 24.2 Å². The van der Waals surface area contributed by atoms with Gasteiger partial charge in [-0.3, -0.25) is 4.98 Å². The number of fused-ring (bicyclic) bond motifs is 1. The summed E-state index contributed by atoms with van der Waals surface area (Å²) in [7, 11) is 1.55. The molecule has 0 N–H and O–H groups in total. The quantitative estimate of drug-likeness (QED) is 0.656. The van der Waals surface area contributed by atoms with Crippen LogP contribution < -0.4 is 4.74 Å². The molecule has 4 nitrogen and oxygen atoms in total. The normalized spacial score (nSPS) is 10.3. The van der Waals surface area contributed by atoms with E-state index in [1.807, 2.05) is 13.0 Å². The number of pyridine rings is 1. The summed E-state index contributed by atoms with van der Waals surface area (Å²) in [5, 5.41) is 1.01. The van der Waals surface area contributed by atoms with Crippen LogP contribution in [0, 0.1) is 6.92 Å². The van der Waals surface area contributed by atoms with E-state index in [0.717, 1.165) is 16.6 Å². The molecule has 0 aliphatic heterocycles. The summed E-state index contributed by atoms with van der Waals surface area (Å²) in [5.41, 5.74) is 1.72. The Balaban J connectivity index is 2.77. The van der Waals surface area contributed by atoms with Crippen molar-refractivity contribution in [1.82, 2.24) is 15.0 Å². The van der Waals surface area contributed by atoms with Gasteiger partial charge in [-0.2, -0.15) is 9.97 Å². The van der Waals surface area contributed by atoms with E-state index in [0.29, 0.717) is 6.01 Å². The van der Waals surface area contributed by atoms with Crippen LogP contribution in [0.15, 0.2) is 18.5 Å². The van der Waals surface area contributed by atoms with Gasteiger partial charge in [0.05, 0.1) is 24.5 Å². The van der Waals surface area contributed by atoms with Crippen molar-refractivity contribution in [2.75, 3.05) is 7.11 Å². The number of aryl methyl sites for hydroxylation is 1. The molecule has 0 fully saturated rings. The Kier molecular flexibility index (Phi) is 1.81. The zero-order valence-electron chi connectivity index (χ0n) is 7.48. The van der Waals surface area contributed by atoms with E-state index in [9.17, 15) is 0 Å². The third-order valence-electron chi connectivity index (χ3n) is 1.85. The molecule has 0 bridgehead atoms. The molecule has 0 radical (unpaired) electrons. The van der Waals surface area contributed by atoms with Gasteiger partial charge in [-0.25, -0.2) is 0 Å². The van der Waals surface area contributed by atoms with Crippen LogP contribution in [0.3, 0.4) is 0 Å². The number of rotatable bonds is 1. The van der Waals surface area contributed by atoms with Crippen molar-refractivity contribution >= 4 is 10.9 Å². The smallest absolute Gasteiger partial charge is 0.316 e. The Morgan fingerprint density at radius 2 is 2.15 bits per heavy atom. The summed E-state index contributed by atoms with van der Waals surface area (Å²) < 4.78 is 4.95. The molecule has 2 rings (SSSR count). The summed E-state index contributed by atoms with van der Waals surface area (Å²) in [4.78, 5) is 12.3. The van der Waals surface area contributed by atoms with Crippen molar-refractivity contribution in [2.45, 2.75) is 6.92 Å². The van der Waals surface area contributed by atoms with Crippen LogP contribution >= 0.6 is 0 Å². The highest BCUT2D eigenvalue weighted by Gasteiger charge is 2.02. The van der Waals surface area contributed by atoms with Crippen molar-refractivity contribution in [3.8, 4) is 6.01 Å². The highest BCUT2D eigenvalue weighted by Crippen LogP contribution is 2.15. The van der Waals surface area contributed by atoms with Crippen LogP contribution in [0.5, 0.6) is 6.01 Å². The van der Waals surface area contributed by atoms with Crippen LogP contribution in [0.25, 0.3) is 10.9 Å². The summed E-state index contributed by atoms with van der Waals surface area (Å²) >= 11 is 0. The Bertz CT molecular complexity index is 442. The van der Waals surface area contributed by atoms with Gasteiger partial charge in [0.15, 0.2) is 0 Å². The lowest BCUT2D eigenvalue weighted by Gasteiger charge is -2.02. The average molecular weight is 175 g/mol. The maximum Gasteiger partial charge on any atom is 0.316 e. The number of hydrogen-bond donors (Lipinski definition) is 0. The lowest BCUT2D eigenvalue weighted by Crippen LogP contribution is -1.95. The van der Waals surface area contributed by atoms with Gasteiger partial charge in [0.25, 0.3) is 0 Å². The first-order valence-corrected chi connectivity index (χ1v) is 3.93. The van der Waals surface area contributed by atoms with Gasteiger partial charge in [-0.05, 0) is 13.0 Å². The second-order valence-electron chi connectivity index (χ2n) is 2.69. The molecule has 0 amide bonds. The highest BCUT2D eigenvalue weighted by atomic mass is 16.5. The summed E-state index contributed by atoms with van der Waals surface area (Å²) in [6.45, 7) is 1.92. The predicted molar refractivity (Wildman–Crippen MR) is 48.6 cm³/mol. The number of methoxy groups -OCH3 is 1. The summed E-state index contributed by atoms with van der Waals surface area (Å²) in [5.74, 6) is 0. The topological polar surface area (TPSA) is 47.9 Å². The minimum Gasteiger partial charge on any atom is -0.467 e. The third-order valence-corrected chi connectivity index (χ3v) is 1.85. The van der Waals surface area contributed by atoms with E-state index in [1.54, 1.807) is 19.5 Å². The first-order chi connectivity index (χ1) is 6.31. The Morgan fingerprint density at radius 1 is 1.31 bits per heavy atom. The van der Waals surface area contributed by atoms with Gasteiger partial charge in [-0.1, -0.05) is 0 Å². The standard InChI is InChI=1S/C9H9N3O/c1-6-7-3-4-10-5-8(7)12-9(11-6)13-2/h3-5H,1-2H3. The van der Waals surface area contributed by atoms with E-state index in [-0.39, 0.29) is 0 Å². The van der Waals surface area contributed by atoms with Gasteiger partial charge in [-0.15, -0.1) is 0 Å². The van der Waals surface area contributed by atoms with Crippen molar-refractivity contribution in [3.63, 3.8) is 0 Å².